The van der Waals surface area contributed by atoms with Gasteiger partial charge in [-0.05, 0) is 30.9 Å². The molecule has 3 rings (SSSR count). The summed E-state index contributed by atoms with van der Waals surface area (Å²) < 4.78 is 10.6. The van der Waals surface area contributed by atoms with Gasteiger partial charge < -0.3 is 19.3 Å². The van der Waals surface area contributed by atoms with Crippen molar-refractivity contribution < 1.29 is 19.2 Å². The second-order valence-corrected chi connectivity index (χ2v) is 7.52. The van der Waals surface area contributed by atoms with Gasteiger partial charge in [-0.15, -0.1) is 0 Å². The Hall–Kier alpha value is -1.75. The Balaban J connectivity index is 1.61. The zero-order valence-electron chi connectivity index (χ0n) is 15.7. The van der Waals surface area contributed by atoms with E-state index in [0.717, 1.165) is 38.1 Å². The number of methoxy groups -OCH3 is 2. The molecule has 1 aromatic carbocycles. The van der Waals surface area contributed by atoms with Crippen molar-refractivity contribution in [3.8, 4) is 11.5 Å². The Kier molecular flexibility index (Phi) is 5.84. The molecule has 1 saturated heterocycles. The topological polar surface area (TPSA) is 43.2 Å². The summed E-state index contributed by atoms with van der Waals surface area (Å²) in [7, 11) is 3.21. The van der Waals surface area contributed by atoms with Gasteiger partial charge in [0.1, 0.15) is 11.5 Å². The third-order valence-electron chi connectivity index (χ3n) is 5.81. The van der Waals surface area contributed by atoms with E-state index < -0.39 is 0 Å². The van der Waals surface area contributed by atoms with Crippen molar-refractivity contribution in [3.63, 3.8) is 0 Å². The van der Waals surface area contributed by atoms with Crippen molar-refractivity contribution in [1.82, 2.24) is 4.90 Å². The van der Waals surface area contributed by atoms with Crippen LogP contribution in [0.2, 0.25) is 0 Å². The van der Waals surface area contributed by atoms with Gasteiger partial charge in [-0.1, -0.05) is 13.3 Å². The van der Waals surface area contributed by atoms with Gasteiger partial charge >= 0.3 is 0 Å². The maximum Gasteiger partial charge on any atom is 0.254 e. The number of hydrogen-bond donors (Lipinski definition) is 1. The maximum absolute atomic E-state index is 12.9. The van der Waals surface area contributed by atoms with E-state index in [0.29, 0.717) is 17.1 Å². The minimum atomic E-state index is 0.0771. The first-order chi connectivity index (χ1) is 12.1. The van der Waals surface area contributed by atoms with Gasteiger partial charge in [-0.3, -0.25) is 4.79 Å². The molecule has 138 valence electrons. The predicted molar refractivity (Wildman–Crippen MR) is 97.6 cm³/mol. The lowest BCUT2D eigenvalue weighted by Crippen LogP contribution is -3.18. The number of amides is 1. The lowest BCUT2D eigenvalue weighted by atomic mass is 9.86. The number of benzene rings is 1. The molecule has 2 fully saturated rings. The fraction of sp³-hybridized carbons (Fsp3) is 0.650. The van der Waals surface area contributed by atoms with Gasteiger partial charge in [0.15, 0.2) is 0 Å². The molecular formula is C20H31N2O3+. The molecule has 0 unspecified atom stereocenters. The SMILES string of the molecule is COc1cc(OC)cc(C(=O)N2CC[NH+]([C@H]3CCC[C@@H](C)C3)CC2)c1. The monoisotopic (exact) mass is 347 g/mol. The van der Waals surface area contributed by atoms with Gasteiger partial charge in [-0.25, -0.2) is 0 Å². The molecule has 5 heteroatoms. The van der Waals surface area contributed by atoms with E-state index in [9.17, 15) is 4.79 Å². The first-order valence-corrected chi connectivity index (χ1v) is 9.47. The molecule has 1 amide bonds. The van der Waals surface area contributed by atoms with Crippen molar-refractivity contribution in [3.05, 3.63) is 23.8 Å². The third kappa shape index (κ3) is 4.27. The number of carbonyl (C=O) groups excluding carboxylic acids is 1. The Morgan fingerprint density at radius 2 is 1.72 bits per heavy atom. The molecule has 0 aromatic heterocycles. The van der Waals surface area contributed by atoms with Crippen LogP contribution in [0.4, 0.5) is 0 Å². The molecule has 1 aliphatic heterocycles. The van der Waals surface area contributed by atoms with E-state index >= 15 is 0 Å². The minimum absolute atomic E-state index is 0.0771. The molecule has 1 N–H and O–H groups in total. The summed E-state index contributed by atoms with van der Waals surface area (Å²) in [6.45, 7) is 6.16. The van der Waals surface area contributed by atoms with E-state index in [4.69, 9.17) is 9.47 Å². The number of rotatable bonds is 4. The average Bonchev–Trinajstić information content (AvgIpc) is 2.67. The molecule has 5 nitrogen and oxygen atoms in total. The summed E-state index contributed by atoms with van der Waals surface area (Å²) in [5.41, 5.74) is 0.644. The van der Waals surface area contributed by atoms with Gasteiger partial charge in [0.2, 0.25) is 0 Å². The molecule has 25 heavy (non-hydrogen) atoms. The largest absolute Gasteiger partial charge is 0.497 e. The third-order valence-corrected chi connectivity index (χ3v) is 5.81. The van der Waals surface area contributed by atoms with E-state index in [-0.39, 0.29) is 5.91 Å². The van der Waals surface area contributed by atoms with E-state index in [1.807, 2.05) is 4.90 Å². The summed E-state index contributed by atoms with van der Waals surface area (Å²) in [4.78, 5) is 16.5. The first kappa shape index (κ1) is 18.1. The standard InChI is InChI=1S/C20H30N2O3/c1-15-5-4-6-17(11-15)21-7-9-22(10-8-21)20(23)16-12-18(24-2)14-19(13-16)25-3/h12-15,17H,4-11H2,1-3H3/p+1/t15-,17+/m1/s1. The van der Waals surface area contributed by atoms with Crippen LogP contribution in [-0.4, -0.2) is 57.2 Å². The van der Waals surface area contributed by atoms with E-state index in [2.05, 4.69) is 6.92 Å². The molecule has 0 spiro atoms. The second-order valence-electron chi connectivity index (χ2n) is 7.52. The van der Waals surface area contributed by atoms with Gasteiger partial charge in [0, 0.05) is 18.1 Å². The van der Waals surface area contributed by atoms with Gasteiger partial charge in [0.25, 0.3) is 5.91 Å². The number of quaternary nitrogens is 1. The van der Waals surface area contributed by atoms with Crippen LogP contribution in [0.25, 0.3) is 0 Å². The Morgan fingerprint density at radius 1 is 1.08 bits per heavy atom. The molecule has 0 bridgehead atoms. The van der Waals surface area contributed by atoms with Crippen LogP contribution < -0.4 is 14.4 Å². The van der Waals surface area contributed by atoms with Crippen molar-refractivity contribution in [1.29, 1.82) is 0 Å². The molecule has 1 aliphatic carbocycles. The summed E-state index contributed by atoms with van der Waals surface area (Å²) in [5, 5.41) is 0. The summed E-state index contributed by atoms with van der Waals surface area (Å²) in [6.07, 6.45) is 5.44. The molecular weight excluding hydrogens is 316 g/mol. The van der Waals surface area contributed by atoms with Crippen LogP contribution >= 0.6 is 0 Å². The quantitative estimate of drug-likeness (QED) is 0.900. The Bertz CT molecular complexity index is 574. The highest BCUT2D eigenvalue weighted by atomic mass is 16.5. The molecule has 0 radical (unpaired) electrons. The smallest absolute Gasteiger partial charge is 0.254 e. The average molecular weight is 347 g/mol. The summed E-state index contributed by atoms with van der Waals surface area (Å²) in [6, 6.07) is 6.18. The molecule has 1 aromatic rings. The number of hydrogen-bond acceptors (Lipinski definition) is 3. The number of nitrogens with one attached hydrogen (secondary N) is 1. The van der Waals surface area contributed by atoms with Crippen molar-refractivity contribution in [2.24, 2.45) is 5.92 Å². The van der Waals surface area contributed by atoms with Crippen LogP contribution in [0.5, 0.6) is 11.5 Å². The van der Waals surface area contributed by atoms with Crippen LogP contribution in [0, 0.1) is 5.92 Å². The molecule has 2 aliphatic rings. The highest BCUT2D eigenvalue weighted by Gasteiger charge is 2.32. The lowest BCUT2D eigenvalue weighted by molar-refractivity contribution is -0.930. The number of nitrogens with zero attached hydrogens (tertiary/aromatic N) is 1. The van der Waals surface area contributed by atoms with Crippen LogP contribution in [-0.2, 0) is 0 Å². The number of carbonyl (C=O) groups is 1. The van der Waals surface area contributed by atoms with Crippen molar-refractivity contribution in [2.75, 3.05) is 40.4 Å². The van der Waals surface area contributed by atoms with Crippen LogP contribution in [0.15, 0.2) is 18.2 Å². The normalized spacial score (nSPS) is 24.8. The number of ether oxygens (including phenoxy) is 2. The van der Waals surface area contributed by atoms with Crippen LogP contribution in [0.1, 0.15) is 43.0 Å². The second kappa shape index (κ2) is 8.09. The minimum Gasteiger partial charge on any atom is -0.497 e. The van der Waals surface area contributed by atoms with Crippen LogP contribution in [0.3, 0.4) is 0 Å². The lowest BCUT2D eigenvalue weighted by Gasteiger charge is -2.39. The van der Waals surface area contributed by atoms with E-state index in [1.165, 1.54) is 25.7 Å². The first-order valence-electron chi connectivity index (χ1n) is 9.47. The zero-order valence-corrected chi connectivity index (χ0v) is 15.7. The molecule has 1 heterocycles. The van der Waals surface area contributed by atoms with Gasteiger partial charge in [0.05, 0.1) is 46.4 Å². The highest BCUT2D eigenvalue weighted by Crippen LogP contribution is 2.24. The summed E-state index contributed by atoms with van der Waals surface area (Å²) in [5.74, 6) is 2.25. The predicted octanol–water partition coefficient (Wildman–Crippen LogP) is 1.62. The van der Waals surface area contributed by atoms with Crippen molar-refractivity contribution >= 4 is 5.91 Å². The highest BCUT2D eigenvalue weighted by molar-refractivity contribution is 5.95. The van der Waals surface area contributed by atoms with E-state index in [1.54, 1.807) is 37.3 Å². The van der Waals surface area contributed by atoms with Crippen molar-refractivity contribution in [2.45, 2.75) is 38.6 Å². The van der Waals surface area contributed by atoms with Gasteiger partial charge in [-0.2, -0.15) is 0 Å². The molecule has 1 saturated carbocycles. The Morgan fingerprint density at radius 3 is 2.28 bits per heavy atom. The number of piperazine rings is 1. The zero-order chi connectivity index (χ0) is 17.8. The Labute approximate surface area is 150 Å². The maximum atomic E-state index is 12.9. The fourth-order valence-electron chi connectivity index (χ4n) is 4.32. The molecule has 2 atom stereocenters. The summed E-state index contributed by atoms with van der Waals surface area (Å²) >= 11 is 0. The fourth-order valence-corrected chi connectivity index (χ4v) is 4.32.